The standard InChI is InChI=1S/C21H23N5OS/c1-15-8-9-18(23-14-15)25-11-5-7-17(25)20-19(16-6-3-4-10-22-16)24-21(28)26(20)12-13-27-2/h3-11,14,19-20H,12-13H2,1-2H3,(H,24,28)/t19-,20+/m0/s1. The van der Waals surface area contributed by atoms with Gasteiger partial charge in [0.05, 0.1) is 24.4 Å². The quantitative estimate of drug-likeness (QED) is 0.649. The molecule has 1 saturated heterocycles. The fourth-order valence-electron chi connectivity index (χ4n) is 3.60. The molecule has 1 N–H and O–H groups in total. The first-order valence-electron chi connectivity index (χ1n) is 9.26. The zero-order chi connectivity index (χ0) is 19.5. The molecule has 3 aromatic heterocycles. The highest BCUT2D eigenvalue weighted by Gasteiger charge is 2.41. The van der Waals surface area contributed by atoms with E-state index in [-0.39, 0.29) is 12.1 Å². The topological polar surface area (TPSA) is 55.2 Å². The lowest BCUT2D eigenvalue weighted by molar-refractivity contribution is 0.163. The van der Waals surface area contributed by atoms with Crippen molar-refractivity contribution in [3.05, 3.63) is 78.0 Å². The van der Waals surface area contributed by atoms with Crippen molar-refractivity contribution in [2.24, 2.45) is 0 Å². The predicted octanol–water partition coefficient (Wildman–Crippen LogP) is 3.19. The van der Waals surface area contributed by atoms with Crippen LogP contribution in [0.15, 0.2) is 61.1 Å². The minimum atomic E-state index is -0.0512. The molecule has 4 rings (SSSR count). The maximum absolute atomic E-state index is 5.67. The molecule has 0 aliphatic carbocycles. The SMILES string of the molecule is COCCN1C(=S)N[C@@H](c2ccccn2)[C@H]1c1cccn1-c1ccc(C)cn1. The molecule has 0 radical (unpaired) electrons. The fourth-order valence-corrected chi connectivity index (χ4v) is 3.94. The summed E-state index contributed by atoms with van der Waals surface area (Å²) in [5.74, 6) is 0.884. The van der Waals surface area contributed by atoms with Crippen LogP contribution < -0.4 is 5.32 Å². The molecular formula is C21H23N5OS. The highest BCUT2D eigenvalue weighted by atomic mass is 32.1. The summed E-state index contributed by atoms with van der Waals surface area (Å²) in [5.41, 5.74) is 3.20. The smallest absolute Gasteiger partial charge is 0.170 e. The normalized spacial score (nSPS) is 19.1. The van der Waals surface area contributed by atoms with E-state index in [1.165, 1.54) is 0 Å². The molecule has 4 heterocycles. The average molecular weight is 394 g/mol. The summed E-state index contributed by atoms with van der Waals surface area (Å²) in [4.78, 5) is 11.4. The second kappa shape index (κ2) is 8.08. The first-order chi connectivity index (χ1) is 13.7. The van der Waals surface area contributed by atoms with Crippen molar-refractivity contribution in [3.8, 4) is 5.82 Å². The lowest BCUT2D eigenvalue weighted by atomic mass is 10.0. The van der Waals surface area contributed by atoms with Crippen LogP contribution >= 0.6 is 12.2 Å². The molecule has 7 heteroatoms. The van der Waals surface area contributed by atoms with Crippen molar-refractivity contribution < 1.29 is 4.74 Å². The molecule has 0 saturated carbocycles. The number of methoxy groups -OCH3 is 1. The molecule has 28 heavy (non-hydrogen) atoms. The van der Waals surface area contributed by atoms with Crippen LogP contribution in [0.25, 0.3) is 5.82 Å². The molecule has 0 bridgehead atoms. The van der Waals surface area contributed by atoms with Gasteiger partial charge in [0.25, 0.3) is 0 Å². The maximum atomic E-state index is 5.67. The van der Waals surface area contributed by atoms with E-state index in [0.717, 1.165) is 22.8 Å². The van der Waals surface area contributed by atoms with Gasteiger partial charge >= 0.3 is 0 Å². The summed E-state index contributed by atoms with van der Waals surface area (Å²) in [6, 6.07) is 14.2. The van der Waals surface area contributed by atoms with Crippen LogP contribution in [-0.2, 0) is 4.74 Å². The Bertz CT molecular complexity index is 941. The van der Waals surface area contributed by atoms with Crippen LogP contribution in [-0.4, -0.2) is 44.8 Å². The number of nitrogens with zero attached hydrogens (tertiary/aromatic N) is 4. The molecule has 0 amide bonds. The number of ether oxygens (including phenoxy) is 1. The molecule has 2 atom stereocenters. The Morgan fingerprint density at radius 2 is 2.04 bits per heavy atom. The number of rotatable bonds is 6. The molecule has 144 valence electrons. The van der Waals surface area contributed by atoms with E-state index >= 15 is 0 Å². The third-order valence-electron chi connectivity index (χ3n) is 4.96. The van der Waals surface area contributed by atoms with E-state index < -0.39 is 0 Å². The Morgan fingerprint density at radius 1 is 1.14 bits per heavy atom. The molecule has 0 aromatic carbocycles. The van der Waals surface area contributed by atoms with Crippen LogP contribution in [0.3, 0.4) is 0 Å². The first kappa shape index (κ1) is 18.6. The highest BCUT2D eigenvalue weighted by Crippen LogP contribution is 2.39. The number of nitrogens with one attached hydrogen (secondary N) is 1. The van der Waals surface area contributed by atoms with Crippen molar-refractivity contribution in [3.63, 3.8) is 0 Å². The Hall–Kier alpha value is -2.77. The summed E-state index contributed by atoms with van der Waals surface area (Å²) in [5, 5.41) is 4.17. The zero-order valence-corrected chi connectivity index (χ0v) is 16.8. The fraction of sp³-hybridized carbons (Fsp3) is 0.286. The number of pyridine rings is 2. The molecule has 1 fully saturated rings. The van der Waals surface area contributed by atoms with Gasteiger partial charge in [-0.3, -0.25) is 4.98 Å². The van der Waals surface area contributed by atoms with Crippen LogP contribution in [0, 0.1) is 6.92 Å². The van der Waals surface area contributed by atoms with E-state index in [9.17, 15) is 0 Å². The molecule has 3 aromatic rings. The van der Waals surface area contributed by atoms with Gasteiger partial charge in [-0.1, -0.05) is 12.1 Å². The predicted molar refractivity (Wildman–Crippen MR) is 112 cm³/mol. The number of aryl methyl sites for hydroxylation is 1. The van der Waals surface area contributed by atoms with Crippen molar-refractivity contribution in [2.45, 2.75) is 19.0 Å². The first-order valence-corrected chi connectivity index (χ1v) is 9.67. The van der Waals surface area contributed by atoms with Gasteiger partial charge < -0.3 is 19.5 Å². The molecular weight excluding hydrogens is 370 g/mol. The van der Waals surface area contributed by atoms with Gasteiger partial charge in [-0.25, -0.2) is 4.98 Å². The minimum Gasteiger partial charge on any atom is -0.383 e. The van der Waals surface area contributed by atoms with Gasteiger partial charge in [0.1, 0.15) is 5.82 Å². The third-order valence-corrected chi connectivity index (χ3v) is 5.31. The summed E-state index contributed by atoms with van der Waals surface area (Å²) in [6.45, 7) is 3.33. The van der Waals surface area contributed by atoms with Crippen LogP contribution in [0.5, 0.6) is 0 Å². The maximum Gasteiger partial charge on any atom is 0.170 e. The van der Waals surface area contributed by atoms with Gasteiger partial charge in [-0.05, 0) is 55.0 Å². The van der Waals surface area contributed by atoms with Crippen LogP contribution in [0.2, 0.25) is 0 Å². The van der Waals surface area contributed by atoms with E-state index in [2.05, 4.69) is 36.9 Å². The molecule has 6 nitrogen and oxygen atoms in total. The third kappa shape index (κ3) is 3.50. The van der Waals surface area contributed by atoms with Gasteiger partial charge in [-0.15, -0.1) is 0 Å². The number of aromatic nitrogens is 3. The van der Waals surface area contributed by atoms with Gasteiger partial charge in [0, 0.05) is 37.9 Å². The molecule has 0 spiro atoms. The van der Waals surface area contributed by atoms with E-state index in [1.54, 1.807) is 7.11 Å². The molecule has 1 aliphatic heterocycles. The number of hydrogen-bond donors (Lipinski definition) is 1. The van der Waals surface area contributed by atoms with E-state index in [1.807, 2.05) is 55.8 Å². The van der Waals surface area contributed by atoms with Gasteiger partial charge in [0.15, 0.2) is 5.11 Å². The Labute approximate surface area is 170 Å². The lowest BCUT2D eigenvalue weighted by Crippen LogP contribution is -2.33. The Kier molecular flexibility index (Phi) is 5.36. The molecule has 0 unspecified atom stereocenters. The van der Waals surface area contributed by atoms with Crippen molar-refractivity contribution >= 4 is 17.3 Å². The van der Waals surface area contributed by atoms with Crippen LogP contribution in [0.1, 0.15) is 29.0 Å². The van der Waals surface area contributed by atoms with E-state index in [4.69, 9.17) is 17.0 Å². The Balaban J connectivity index is 1.78. The second-order valence-corrected chi connectivity index (χ2v) is 7.20. The monoisotopic (exact) mass is 393 g/mol. The second-order valence-electron chi connectivity index (χ2n) is 6.81. The lowest BCUT2D eigenvalue weighted by Gasteiger charge is -2.28. The minimum absolute atomic E-state index is 0.0179. The largest absolute Gasteiger partial charge is 0.383 e. The van der Waals surface area contributed by atoms with Crippen molar-refractivity contribution in [2.75, 3.05) is 20.3 Å². The number of thiocarbonyl (C=S) groups is 1. The summed E-state index contributed by atoms with van der Waals surface area (Å²) in [7, 11) is 1.71. The van der Waals surface area contributed by atoms with Crippen molar-refractivity contribution in [1.29, 1.82) is 0 Å². The average Bonchev–Trinajstić information content (AvgIpc) is 3.32. The number of hydrogen-bond acceptors (Lipinski definition) is 4. The van der Waals surface area contributed by atoms with Gasteiger partial charge in [0.2, 0.25) is 0 Å². The van der Waals surface area contributed by atoms with Crippen LogP contribution in [0.4, 0.5) is 0 Å². The Morgan fingerprint density at radius 3 is 2.75 bits per heavy atom. The summed E-state index contributed by atoms with van der Waals surface area (Å²) >= 11 is 5.67. The van der Waals surface area contributed by atoms with Crippen molar-refractivity contribution in [1.82, 2.24) is 24.8 Å². The zero-order valence-electron chi connectivity index (χ0n) is 15.9. The van der Waals surface area contributed by atoms with Gasteiger partial charge in [-0.2, -0.15) is 0 Å². The molecule has 1 aliphatic rings. The van der Waals surface area contributed by atoms with E-state index in [0.29, 0.717) is 18.3 Å². The summed E-state index contributed by atoms with van der Waals surface area (Å²) in [6.07, 6.45) is 5.74. The highest BCUT2D eigenvalue weighted by molar-refractivity contribution is 7.80. The summed E-state index contributed by atoms with van der Waals surface area (Å²) < 4.78 is 7.44.